The Morgan fingerprint density at radius 2 is 1.21 bits per heavy atom. The second kappa shape index (κ2) is 10.1. The van der Waals surface area contributed by atoms with E-state index in [-0.39, 0.29) is 11.6 Å². The van der Waals surface area contributed by atoms with E-state index in [1.54, 1.807) is 0 Å². The second-order valence-electron chi connectivity index (χ2n) is 12.2. The molecule has 0 fully saturated rings. The maximum atomic E-state index is 5.37. The highest BCUT2D eigenvalue weighted by Crippen LogP contribution is 2.45. The number of hydrogen-bond donors (Lipinski definition) is 0. The lowest BCUT2D eigenvalue weighted by molar-refractivity contribution is 0.406. The summed E-state index contributed by atoms with van der Waals surface area (Å²) in [6, 6.07) is 46.7. The molecule has 208 valence electrons. The number of fused-ring (bicyclic) bond motifs is 3. The first-order valence-electron chi connectivity index (χ1n) is 15.3. The number of benzene rings is 6. The summed E-state index contributed by atoms with van der Waals surface area (Å²) in [5, 5.41) is 5.14. The first-order valence-corrected chi connectivity index (χ1v) is 15.3. The first kappa shape index (κ1) is 25.7. The number of rotatable bonds is 4. The van der Waals surface area contributed by atoms with Crippen LogP contribution in [0.25, 0.3) is 43.8 Å². The fourth-order valence-electron chi connectivity index (χ4n) is 7.25. The third-order valence-electron chi connectivity index (χ3n) is 9.35. The fraction of sp³-hybridized carbons (Fsp3) is 0.146. The summed E-state index contributed by atoms with van der Waals surface area (Å²) < 4.78 is 0. The molecule has 2 unspecified atom stereocenters. The largest absolute Gasteiger partial charge is 0.317 e. The third kappa shape index (κ3) is 4.20. The molecule has 2 heteroatoms. The predicted octanol–water partition coefficient (Wildman–Crippen LogP) is 10.4. The third-order valence-corrected chi connectivity index (χ3v) is 9.35. The van der Waals surface area contributed by atoms with Gasteiger partial charge in [0.1, 0.15) is 5.84 Å². The summed E-state index contributed by atoms with van der Waals surface area (Å²) >= 11 is 0. The van der Waals surface area contributed by atoms with E-state index in [4.69, 9.17) is 4.99 Å². The van der Waals surface area contributed by atoms with E-state index in [1.807, 2.05) is 0 Å². The van der Waals surface area contributed by atoms with Crippen molar-refractivity contribution in [1.82, 2.24) is 0 Å². The van der Waals surface area contributed by atoms with Crippen molar-refractivity contribution in [3.63, 3.8) is 0 Å². The summed E-state index contributed by atoms with van der Waals surface area (Å²) in [6.07, 6.45) is 6.82. The van der Waals surface area contributed by atoms with Crippen LogP contribution in [-0.4, -0.2) is 17.4 Å². The SMILES string of the molecule is Cc1ccc2c(-c3ccccc3)c3ccccc3c(-c3ccc(N4C(c5ccccc5)=NC5(C)CCC=CC45)cc3)c2c1. The van der Waals surface area contributed by atoms with Gasteiger partial charge in [0.05, 0.1) is 11.6 Å². The lowest BCUT2D eigenvalue weighted by Crippen LogP contribution is -2.45. The fourth-order valence-corrected chi connectivity index (χ4v) is 7.25. The maximum Gasteiger partial charge on any atom is 0.136 e. The van der Waals surface area contributed by atoms with Crippen molar-refractivity contribution < 1.29 is 0 Å². The number of aliphatic imine (C=N–C) groups is 1. The minimum Gasteiger partial charge on any atom is -0.317 e. The van der Waals surface area contributed by atoms with Crippen LogP contribution in [0.5, 0.6) is 0 Å². The van der Waals surface area contributed by atoms with E-state index in [1.165, 1.54) is 60.6 Å². The Bertz CT molecular complexity index is 2040. The van der Waals surface area contributed by atoms with Crippen molar-refractivity contribution in [2.75, 3.05) is 4.90 Å². The molecule has 1 aliphatic heterocycles. The summed E-state index contributed by atoms with van der Waals surface area (Å²) in [5.41, 5.74) is 8.56. The number of hydrogen-bond acceptors (Lipinski definition) is 2. The molecular formula is C41H34N2. The molecule has 0 N–H and O–H groups in total. The molecule has 2 aliphatic rings. The Hall–Kier alpha value is -4.95. The first-order chi connectivity index (χ1) is 21.1. The zero-order valence-corrected chi connectivity index (χ0v) is 24.7. The van der Waals surface area contributed by atoms with Crippen molar-refractivity contribution in [2.24, 2.45) is 4.99 Å². The number of aryl methyl sites for hydroxylation is 1. The topological polar surface area (TPSA) is 15.6 Å². The summed E-state index contributed by atoms with van der Waals surface area (Å²) in [4.78, 5) is 7.82. The molecule has 0 aromatic heterocycles. The quantitative estimate of drug-likeness (QED) is 0.156. The molecule has 8 rings (SSSR count). The molecule has 6 aromatic carbocycles. The number of amidine groups is 1. The standard InChI is InChI=1S/C41H34N2/c1-28-20-25-35-36(27-28)39(34-18-10-9-17-33(34)38(35)29-13-5-3-6-14-29)30-21-23-32(24-22-30)43-37-19-11-12-26-41(37,2)42-40(43)31-15-7-4-8-16-31/h3-11,13-25,27,37H,12,26H2,1-2H3. The van der Waals surface area contributed by atoms with Crippen LogP contribution in [0.2, 0.25) is 0 Å². The van der Waals surface area contributed by atoms with Crippen molar-refractivity contribution in [2.45, 2.75) is 38.3 Å². The molecule has 0 amide bonds. The summed E-state index contributed by atoms with van der Waals surface area (Å²) in [7, 11) is 0. The molecule has 6 aromatic rings. The van der Waals surface area contributed by atoms with Gasteiger partial charge in [0, 0.05) is 11.3 Å². The van der Waals surface area contributed by atoms with Gasteiger partial charge in [0.25, 0.3) is 0 Å². The minimum absolute atomic E-state index is 0.129. The Balaban J connectivity index is 1.31. The Morgan fingerprint density at radius 3 is 1.91 bits per heavy atom. The maximum absolute atomic E-state index is 5.37. The molecule has 2 nitrogen and oxygen atoms in total. The highest BCUT2D eigenvalue weighted by Gasteiger charge is 2.45. The Morgan fingerprint density at radius 1 is 0.628 bits per heavy atom. The zero-order valence-electron chi connectivity index (χ0n) is 24.7. The number of anilines is 1. The van der Waals surface area contributed by atoms with Gasteiger partial charge in [-0.1, -0.05) is 133 Å². The highest BCUT2D eigenvalue weighted by atomic mass is 15.3. The van der Waals surface area contributed by atoms with Crippen LogP contribution in [0.4, 0.5) is 5.69 Å². The van der Waals surface area contributed by atoms with Crippen molar-refractivity contribution in [3.05, 3.63) is 151 Å². The summed E-state index contributed by atoms with van der Waals surface area (Å²) in [6.45, 7) is 4.50. The molecule has 1 aliphatic carbocycles. The van der Waals surface area contributed by atoms with Crippen LogP contribution < -0.4 is 4.90 Å². The molecule has 43 heavy (non-hydrogen) atoms. The van der Waals surface area contributed by atoms with Crippen LogP contribution >= 0.6 is 0 Å². The van der Waals surface area contributed by atoms with Gasteiger partial charge in [-0.3, -0.25) is 4.99 Å². The van der Waals surface area contributed by atoms with Gasteiger partial charge in [-0.25, -0.2) is 0 Å². The number of nitrogens with zero attached hydrogens (tertiary/aromatic N) is 2. The molecular weight excluding hydrogens is 520 g/mol. The molecule has 0 bridgehead atoms. The molecule has 1 heterocycles. The van der Waals surface area contributed by atoms with E-state index in [2.05, 4.69) is 158 Å². The molecule has 2 atom stereocenters. The van der Waals surface area contributed by atoms with Gasteiger partial charge >= 0.3 is 0 Å². The average Bonchev–Trinajstić information content (AvgIpc) is 3.37. The highest BCUT2D eigenvalue weighted by molar-refractivity contribution is 6.21. The molecule has 0 radical (unpaired) electrons. The van der Waals surface area contributed by atoms with E-state index in [0.717, 1.165) is 18.7 Å². The van der Waals surface area contributed by atoms with E-state index >= 15 is 0 Å². The van der Waals surface area contributed by atoms with Gasteiger partial charge in [-0.05, 0) is 82.6 Å². The van der Waals surface area contributed by atoms with Crippen LogP contribution in [0.15, 0.2) is 145 Å². The van der Waals surface area contributed by atoms with Gasteiger partial charge in [0.2, 0.25) is 0 Å². The van der Waals surface area contributed by atoms with Crippen molar-refractivity contribution in [3.8, 4) is 22.3 Å². The van der Waals surface area contributed by atoms with Gasteiger partial charge in [-0.15, -0.1) is 0 Å². The Labute approximate surface area is 253 Å². The predicted molar refractivity (Wildman–Crippen MR) is 183 cm³/mol. The monoisotopic (exact) mass is 554 g/mol. The molecule has 0 saturated heterocycles. The molecule has 0 spiro atoms. The average molecular weight is 555 g/mol. The van der Waals surface area contributed by atoms with Crippen molar-refractivity contribution >= 4 is 33.1 Å². The molecule has 0 saturated carbocycles. The van der Waals surface area contributed by atoms with Crippen LogP contribution in [0, 0.1) is 6.92 Å². The lowest BCUT2D eigenvalue weighted by atomic mass is 9.83. The van der Waals surface area contributed by atoms with Crippen LogP contribution in [-0.2, 0) is 0 Å². The minimum atomic E-state index is -0.129. The smallest absolute Gasteiger partial charge is 0.136 e. The van der Waals surface area contributed by atoms with Gasteiger partial charge < -0.3 is 4.90 Å². The van der Waals surface area contributed by atoms with Crippen LogP contribution in [0.3, 0.4) is 0 Å². The van der Waals surface area contributed by atoms with E-state index in [9.17, 15) is 0 Å². The van der Waals surface area contributed by atoms with Crippen LogP contribution in [0.1, 0.15) is 30.9 Å². The van der Waals surface area contributed by atoms with Gasteiger partial charge in [-0.2, -0.15) is 0 Å². The number of allylic oxidation sites excluding steroid dienone is 1. The van der Waals surface area contributed by atoms with E-state index < -0.39 is 0 Å². The normalized spacial score (nSPS) is 19.5. The van der Waals surface area contributed by atoms with E-state index in [0.29, 0.717) is 0 Å². The lowest BCUT2D eigenvalue weighted by Gasteiger charge is -2.36. The zero-order chi connectivity index (χ0) is 29.0. The summed E-state index contributed by atoms with van der Waals surface area (Å²) in [5.74, 6) is 1.06. The second-order valence-corrected chi connectivity index (χ2v) is 12.2. The Kier molecular flexibility index (Phi) is 6.04. The van der Waals surface area contributed by atoms with Crippen molar-refractivity contribution in [1.29, 1.82) is 0 Å². The van der Waals surface area contributed by atoms with Gasteiger partial charge in [0.15, 0.2) is 0 Å².